The van der Waals surface area contributed by atoms with Crippen LogP contribution in [0.3, 0.4) is 0 Å². The van der Waals surface area contributed by atoms with Gasteiger partial charge in [0.05, 0.1) is 18.4 Å². The number of rotatable bonds is 5. The number of fused-ring (bicyclic) bond motifs is 1. The van der Waals surface area contributed by atoms with E-state index in [-0.39, 0.29) is 17.6 Å². The lowest BCUT2D eigenvalue weighted by molar-refractivity contribution is -0.113. The summed E-state index contributed by atoms with van der Waals surface area (Å²) in [6, 6.07) is 0. The number of nitrogens with one attached hydrogen (secondary N) is 1. The van der Waals surface area contributed by atoms with Gasteiger partial charge in [0, 0.05) is 11.9 Å². The summed E-state index contributed by atoms with van der Waals surface area (Å²) in [5.41, 5.74) is 1.59. The van der Waals surface area contributed by atoms with Crippen LogP contribution < -0.4 is 5.32 Å². The van der Waals surface area contributed by atoms with E-state index >= 15 is 0 Å². The molecule has 1 aliphatic carbocycles. The number of aromatic nitrogens is 3. The number of anilines is 1. The molecule has 2 heterocycles. The standard InChI is InChI=1S/C17H22N4O3S2/c1-21-10-18-20-17(21)25-9-13(22)19-15-14(16(23)24-2)11-7-5-3-4-6-8-12(11)26-15/h10H,3-9H2,1-2H3,(H,19,22). The average Bonchev–Trinajstić information content (AvgIpc) is 3.15. The van der Waals surface area contributed by atoms with Crippen molar-refractivity contribution in [1.82, 2.24) is 14.8 Å². The molecular weight excluding hydrogens is 372 g/mol. The summed E-state index contributed by atoms with van der Waals surface area (Å²) in [6.07, 6.45) is 7.96. The molecule has 0 atom stereocenters. The van der Waals surface area contributed by atoms with E-state index in [9.17, 15) is 9.59 Å². The molecule has 0 aliphatic heterocycles. The van der Waals surface area contributed by atoms with E-state index in [1.807, 2.05) is 7.05 Å². The number of hydrogen-bond donors (Lipinski definition) is 1. The van der Waals surface area contributed by atoms with E-state index in [1.165, 1.54) is 47.9 Å². The molecule has 3 rings (SSSR count). The molecule has 0 radical (unpaired) electrons. The Labute approximate surface area is 160 Å². The summed E-state index contributed by atoms with van der Waals surface area (Å²) < 4.78 is 6.74. The van der Waals surface area contributed by atoms with Crippen LogP contribution in [-0.4, -0.2) is 39.5 Å². The van der Waals surface area contributed by atoms with Gasteiger partial charge in [0.25, 0.3) is 0 Å². The van der Waals surface area contributed by atoms with Crippen molar-refractivity contribution in [1.29, 1.82) is 0 Å². The van der Waals surface area contributed by atoms with Crippen molar-refractivity contribution in [3.63, 3.8) is 0 Å². The number of aryl methyl sites for hydroxylation is 2. The Hall–Kier alpha value is -1.87. The number of carbonyl (C=O) groups is 2. The van der Waals surface area contributed by atoms with Crippen molar-refractivity contribution < 1.29 is 14.3 Å². The molecule has 2 aromatic rings. The highest BCUT2D eigenvalue weighted by Crippen LogP contribution is 2.37. The number of thiophene rings is 1. The summed E-state index contributed by atoms with van der Waals surface area (Å²) >= 11 is 2.82. The Kier molecular flexibility index (Phi) is 6.31. The van der Waals surface area contributed by atoms with Gasteiger partial charge in [0.15, 0.2) is 5.16 Å². The lowest BCUT2D eigenvalue weighted by Crippen LogP contribution is -2.16. The van der Waals surface area contributed by atoms with Gasteiger partial charge >= 0.3 is 5.97 Å². The molecule has 1 amide bonds. The minimum atomic E-state index is -0.376. The largest absolute Gasteiger partial charge is 0.465 e. The molecule has 2 aromatic heterocycles. The summed E-state index contributed by atoms with van der Waals surface area (Å²) in [7, 11) is 3.21. The van der Waals surface area contributed by atoms with Crippen molar-refractivity contribution in [2.45, 2.75) is 43.7 Å². The van der Waals surface area contributed by atoms with Gasteiger partial charge in [-0.15, -0.1) is 21.5 Å². The molecular formula is C17H22N4O3S2. The van der Waals surface area contributed by atoms with Crippen LogP contribution in [0, 0.1) is 0 Å². The quantitative estimate of drug-likeness (QED) is 0.620. The second-order valence-corrected chi connectivity index (χ2v) is 8.22. The first kappa shape index (κ1) is 18.9. The third-order valence-corrected chi connectivity index (χ3v) is 6.56. The molecule has 7 nitrogen and oxygen atoms in total. The highest BCUT2D eigenvalue weighted by Gasteiger charge is 2.25. The van der Waals surface area contributed by atoms with E-state index in [0.717, 1.165) is 31.2 Å². The van der Waals surface area contributed by atoms with E-state index in [4.69, 9.17) is 4.74 Å². The fraction of sp³-hybridized carbons (Fsp3) is 0.529. The number of thioether (sulfide) groups is 1. The summed E-state index contributed by atoms with van der Waals surface area (Å²) in [5.74, 6) is -0.341. The molecule has 140 valence electrons. The van der Waals surface area contributed by atoms with E-state index in [1.54, 1.807) is 10.9 Å². The van der Waals surface area contributed by atoms with Crippen LogP contribution >= 0.6 is 23.1 Å². The Bertz CT molecular complexity index is 800. The molecule has 0 fully saturated rings. The zero-order valence-electron chi connectivity index (χ0n) is 14.9. The van der Waals surface area contributed by atoms with Crippen LogP contribution in [-0.2, 0) is 29.4 Å². The van der Waals surface area contributed by atoms with Crippen LogP contribution in [0.2, 0.25) is 0 Å². The van der Waals surface area contributed by atoms with E-state index in [2.05, 4.69) is 15.5 Å². The van der Waals surface area contributed by atoms with Crippen molar-refractivity contribution in [2.75, 3.05) is 18.2 Å². The molecule has 0 saturated carbocycles. The van der Waals surface area contributed by atoms with Crippen molar-refractivity contribution in [3.05, 3.63) is 22.3 Å². The number of nitrogens with zero attached hydrogens (tertiary/aromatic N) is 3. The smallest absolute Gasteiger partial charge is 0.341 e. The predicted octanol–water partition coefficient (Wildman–Crippen LogP) is 3.05. The maximum absolute atomic E-state index is 12.4. The van der Waals surface area contributed by atoms with Gasteiger partial charge in [-0.25, -0.2) is 4.79 Å². The zero-order valence-corrected chi connectivity index (χ0v) is 16.5. The number of hydrogen-bond acceptors (Lipinski definition) is 7. The average molecular weight is 395 g/mol. The lowest BCUT2D eigenvalue weighted by atomic mass is 9.96. The molecule has 26 heavy (non-hydrogen) atoms. The SMILES string of the molecule is COC(=O)c1c(NC(=O)CSc2nncn2C)sc2c1CCCCCC2. The highest BCUT2D eigenvalue weighted by molar-refractivity contribution is 7.99. The maximum atomic E-state index is 12.4. The van der Waals surface area contributed by atoms with Gasteiger partial charge in [-0.05, 0) is 31.2 Å². The second kappa shape index (κ2) is 8.68. The summed E-state index contributed by atoms with van der Waals surface area (Å²) in [5, 5.41) is 11.9. The Morgan fingerprint density at radius 2 is 2.08 bits per heavy atom. The Morgan fingerprint density at radius 3 is 2.77 bits per heavy atom. The van der Waals surface area contributed by atoms with Gasteiger partial charge in [-0.3, -0.25) is 4.79 Å². The molecule has 1 N–H and O–H groups in total. The van der Waals surface area contributed by atoms with Crippen LogP contribution in [0.5, 0.6) is 0 Å². The first-order chi connectivity index (χ1) is 12.6. The summed E-state index contributed by atoms with van der Waals surface area (Å²) in [4.78, 5) is 25.9. The molecule has 9 heteroatoms. The van der Waals surface area contributed by atoms with E-state index < -0.39 is 0 Å². The minimum absolute atomic E-state index is 0.169. The van der Waals surface area contributed by atoms with Gasteiger partial charge in [-0.2, -0.15) is 0 Å². The van der Waals surface area contributed by atoms with Gasteiger partial charge in [-0.1, -0.05) is 24.6 Å². The van der Waals surface area contributed by atoms with Crippen LogP contribution in [0.15, 0.2) is 11.5 Å². The molecule has 0 spiro atoms. The number of methoxy groups -OCH3 is 1. The van der Waals surface area contributed by atoms with Crippen molar-refractivity contribution in [3.8, 4) is 0 Å². The van der Waals surface area contributed by atoms with Crippen LogP contribution in [0.25, 0.3) is 0 Å². The number of amides is 1. The minimum Gasteiger partial charge on any atom is -0.465 e. The van der Waals surface area contributed by atoms with Crippen molar-refractivity contribution >= 4 is 40.0 Å². The number of carbonyl (C=O) groups excluding carboxylic acids is 2. The predicted molar refractivity (Wildman–Crippen MR) is 102 cm³/mol. The number of esters is 1. The Balaban J connectivity index is 1.77. The third-order valence-electron chi connectivity index (χ3n) is 4.32. The zero-order chi connectivity index (χ0) is 18.5. The lowest BCUT2D eigenvalue weighted by Gasteiger charge is -2.11. The second-order valence-electron chi connectivity index (χ2n) is 6.17. The molecule has 0 bridgehead atoms. The number of ether oxygens (including phenoxy) is 1. The van der Waals surface area contributed by atoms with Gasteiger partial charge in [0.2, 0.25) is 5.91 Å². The van der Waals surface area contributed by atoms with Crippen LogP contribution in [0.4, 0.5) is 5.00 Å². The summed E-state index contributed by atoms with van der Waals surface area (Å²) in [6.45, 7) is 0. The first-order valence-corrected chi connectivity index (χ1v) is 10.4. The topological polar surface area (TPSA) is 86.1 Å². The maximum Gasteiger partial charge on any atom is 0.341 e. The normalized spacial score (nSPS) is 14.2. The monoisotopic (exact) mass is 394 g/mol. The fourth-order valence-corrected chi connectivity index (χ4v) is 5.00. The molecule has 1 aliphatic rings. The molecule has 0 aromatic carbocycles. The first-order valence-electron chi connectivity index (χ1n) is 8.59. The third kappa shape index (κ3) is 4.27. The van der Waals surface area contributed by atoms with Crippen LogP contribution in [0.1, 0.15) is 46.5 Å². The molecule has 0 unspecified atom stereocenters. The Morgan fingerprint density at radius 1 is 1.31 bits per heavy atom. The van der Waals surface area contributed by atoms with E-state index in [0.29, 0.717) is 15.7 Å². The van der Waals surface area contributed by atoms with Gasteiger partial charge in [0.1, 0.15) is 11.3 Å². The highest BCUT2D eigenvalue weighted by atomic mass is 32.2. The van der Waals surface area contributed by atoms with Gasteiger partial charge < -0.3 is 14.6 Å². The molecule has 0 saturated heterocycles. The fourth-order valence-electron chi connectivity index (χ4n) is 3.02. The van der Waals surface area contributed by atoms with Crippen molar-refractivity contribution in [2.24, 2.45) is 7.05 Å².